The van der Waals surface area contributed by atoms with Crippen molar-refractivity contribution in [3.05, 3.63) is 191 Å². The molecular formula is C52H44N4O. The van der Waals surface area contributed by atoms with Crippen LogP contribution in [0.3, 0.4) is 0 Å². The zero-order chi connectivity index (χ0) is 39.3. The fourth-order valence-electron chi connectivity index (χ4n) is 8.74. The summed E-state index contributed by atoms with van der Waals surface area (Å²) >= 11 is 0. The minimum Gasteiger partial charge on any atom is -0.461 e. The van der Waals surface area contributed by atoms with Crippen LogP contribution in [0.4, 0.5) is 0 Å². The molecule has 278 valence electrons. The van der Waals surface area contributed by atoms with Crippen molar-refractivity contribution in [3.63, 3.8) is 0 Å². The molecule has 0 saturated heterocycles. The highest BCUT2D eigenvalue weighted by Gasteiger charge is 2.38. The SMILES string of the molecule is C=N/C(=N\C(=NCc1ccccc1)n1c2ccccc2c2cc3c(cc21)C(C)(C)c1c-3ccc(-c2ccccc2C)c1C)c1cccc(C)oc2ccccc2c1. The molecule has 0 unspecified atom stereocenters. The summed E-state index contributed by atoms with van der Waals surface area (Å²) in [6.45, 7) is 15.6. The van der Waals surface area contributed by atoms with E-state index in [0.717, 1.165) is 49.7 Å². The molecule has 2 aromatic heterocycles. The number of rotatable bonds is 4. The van der Waals surface area contributed by atoms with Crippen molar-refractivity contribution in [2.75, 3.05) is 0 Å². The molecule has 0 saturated carbocycles. The second kappa shape index (κ2) is 14.3. The maximum atomic E-state index is 6.17. The third-order valence-corrected chi connectivity index (χ3v) is 11.5. The van der Waals surface area contributed by atoms with Crippen LogP contribution in [0.15, 0.2) is 171 Å². The monoisotopic (exact) mass is 740 g/mol. The number of fused-ring (bicyclic) bond motifs is 7. The van der Waals surface area contributed by atoms with Crippen LogP contribution in [0.2, 0.25) is 0 Å². The Bertz CT molecular complexity index is 3010. The maximum absolute atomic E-state index is 6.17. The van der Waals surface area contributed by atoms with Crippen LogP contribution in [0.5, 0.6) is 0 Å². The quantitative estimate of drug-likeness (QED) is 0.131. The van der Waals surface area contributed by atoms with Gasteiger partial charge < -0.3 is 4.42 Å². The first-order valence-electron chi connectivity index (χ1n) is 19.5. The first-order valence-corrected chi connectivity index (χ1v) is 19.5. The third kappa shape index (κ3) is 6.26. The number of hydrogen-bond acceptors (Lipinski definition) is 2. The summed E-state index contributed by atoms with van der Waals surface area (Å²) < 4.78 is 8.38. The molecule has 0 radical (unpaired) electrons. The van der Waals surface area contributed by atoms with E-state index in [0.29, 0.717) is 18.3 Å². The third-order valence-electron chi connectivity index (χ3n) is 11.5. The molecule has 0 bridgehead atoms. The predicted octanol–water partition coefficient (Wildman–Crippen LogP) is 13.1. The van der Waals surface area contributed by atoms with E-state index < -0.39 is 0 Å². The van der Waals surface area contributed by atoms with Crippen molar-refractivity contribution in [1.82, 2.24) is 4.57 Å². The molecule has 0 atom stereocenters. The molecule has 0 amide bonds. The topological polar surface area (TPSA) is 55.1 Å². The van der Waals surface area contributed by atoms with Crippen LogP contribution in [-0.2, 0) is 12.0 Å². The normalized spacial score (nSPS) is 13.5. The van der Waals surface area contributed by atoms with Crippen molar-refractivity contribution in [3.8, 4) is 22.3 Å². The lowest BCUT2D eigenvalue weighted by Crippen LogP contribution is -2.17. The lowest BCUT2D eigenvalue weighted by atomic mass is 9.78. The molecule has 5 nitrogen and oxygen atoms in total. The lowest BCUT2D eigenvalue weighted by Gasteiger charge is -2.25. The molecule has 1 aliphatic carbocycles. The fraction of sp³-hybridized carbons (Fsp3) is 0.135. The summed E-state index contributed by atoms with van der Waals surface area (Å²) in [6, 6.07) is 52.9. The van der Waals surface area contributed by atoms with E-state index in [1.807, 2.05) is 73.7 Å². The Morgan fingerprint density at radius 2 is 1.39 bits per heavy atom. The molecule has 2 heterocycles. The number of nitrogens with zero attached hydrogens (tertiary/aromatic N) is 4. The molecule has 1 aliphatic rings. The molecule has 57 heavy (non-hydrogen) atoms. The van der Waals surface area contributed by atoms with Crippen LogP contribution >= 0.6 is 0 Å². The van der Waals surface area contributed by atoms with Gasteiger partial charge in [0.15, 0.2) is 5.84 Å². The number of hydrogen-bond donors (Lipinski definition) is 0. The van der Waals surface area contributed by atoms with Gasteiger partial charge in [-0.2, -0.15) is 4.99 Å². The van der Waals surface area contributed by atoms with Gasteiger partial charge in [-0.05, 0) is 114 Å². The van der Waals surface area contributed by atoms with Crippen LogP contribution in [0.25, 0.3) is 55.0 Å². The van der Waals surface area contributed by atoms with Crippen molar-refractivity contribution in [1.29, 1.82) is 0 Å². The van der Waals surface area contributed by atoms with Crippen molar-refractivity contribution in [2.24, 2.45) is 15.0 Å². The summed E-state index contributed by atoms with van der Waals surface area (Å²) in [5.74, 6) is 1.78. The number of amidine groups is 1. The summed E-state index contributed by atoms with van der Waals surface area (Å²) in [7, 11) is 0. The first kappa shape index (κ1) is 35.8. The van der Waals surface area contributed by atoms with Gasteiger partial charge in [-0.25, -0.2) is 9.98 Å². The van der Waals surface area contributed by atoms with Gasteiger partial charge in [-0.3, -0.25) is 4.57 Å². The van der Waals surface area contributed by atoms with E-state index in [9.17, 15) is 0 Å². The summed E-state index contributed by atoms with van der Waals surface area (Å²) in [6.07, 6.45) is 0. The molecule has 8 aromatic rings. The minimum atomic E-state index is -0.255. The Balaban J connectivity index is 1.29. The molecule has 6 aromatic carbocycles. The summed E-state index contributed by atoms with van der Waals surface area (Å²) in [5, 5.41) is 3.21. The van der Waals surface area contributed by atoms with Gasteiger partial charge in [0.05, 0.1) is 17.6 Å². The zero-order valence-electron chi connectivity index (χ0n) is 33.0. The predicted molar refractivity (Wildman–Crippen MR) is 240 cm³/mol. The van der Waals surface area contributed by atoms with Crippen LogP contribution in [0, 0.1) is 20.8 Å². The average Bonchev–Trinajstić information content (AvgIpc) is 3.68. The lowest BCUT2D eigenvalue weighted by molar-refractivity contribution is 0.569. The Kier molecular flexibility index (Phi) is 9.01. The number of benzene rings is 6. The van der Waals surface area contributed by atoms with Gasteiger partial charge >= 0.3 is 0 Å². The minimum absolute atomic E-state index is 0.255. The molecule has 0 aliphatic heterocycles. The van der Waals surface area contributed by atoms with Gasteiger partial charge in [-0.15, -0.1) is 0 Å². The zero-order valence-corrected chi connectivity index (χ0v) is 33.0. The number of para-hydroxylation sites is 2. The van der Waals surface area contributed by atoms with Gasteiger partial charge in [0.2, 0.25) is 5.96 Å². The summed E-state index contributed by atoms with van der Waals surface area (Å²) in [5.41, 5.74) is 14.9. The second-order valence-corrected chi connectivity index (χ2v) is 15.4. The van der Waals surface area contributed by atoms with Crippen LogP contribution in [0.1, 0.15) is 53.0 Å². The van der Waals surface area contributed by atoms with Gasteiger partial charge in [0, 0.05) is 27.1 Å². The molecular weight excluding hydrogens is 697 g/mol. The first-order chi connectivity index (χ1) is 27.7. The Hall–Kier alpha value is -6.85. The average molecular weight is 741 g/mol. The number of aromatic nitrogens is 1. The van der Waals surface area contributed by atoms with E-state index in [2.05, 4.69) is 129 Å². The Labute approximate surface area is 333 Å². The van der Waals surface area contributed by atoms with Gasteiger partial charge in [-0.1, -0.05) is 129 Å². The fourth-order valence-corrected chi connectivity index (χ4v) is 8.74. The highest BCUT2D eigenvalue weighted by Crippen LogP contribution is 2.53. The maximum Gasteiger partial charge on any atom is 0.232 e. The molecule has 0 fully saturated rings. The number of aryl methyl sites for hydroxylation is 2. The Morgan fingerprint density at radius 1 is 0.649 bits per heavy atom. The Morgan fingerprint density at radius 3 is 2.21 bits per heavy atom. The van der Waals surface area contributed by atoms with E-state index in [4.69, 9.17) is 14.4 Å². The standard InChI is InChI=1S/C52H44N4O/c1-33-17-10-12-23-39(33)40-27-28-42-43-30-44-41-24-13-14-25-46(41)56(47(44)31-45(43)52(4,5)49(42)35(40)3)51(54-32-36-19-8-7-9-20-36)55-50(53-6)38-22-16-18-34(2)57-48-26-15-11-21-37(48)29-38/h7-31H,6,32H2,1-5H3/b22-16?,34-18?,38-29?,54-51?,55-50-. The van der Waals surface area contributed by atoms with Crippen LogP contribution < -0.4 is 0 Å². The van der Waals surface area contributed by atoms with Gasteiger partial charge in [0.25, 0.3) is 0 Å². The van der Waals surface area contributed by atoms with Crippen molar-refractivity contribution >= 4 is 51.3 Å². The second-order valence-electron chi connectivity index (χ2n) is 15.4. The van der Waals surface area contributed by atoms with Gasteiger partial charge in [0.1, 0.15) is 11.3 Å². The van der Waals surface area contributed by atoms with E-state index in [1.165, 1.54) is 44.5 Å². The number of aliphatic imine (C=N–C) groups is 3. The molecule has 5 heteroatoms. The van der Waals surface area contributed by atoms with Crippen molar-refractivity contribution < 1.29 is 4.42 Å². The molecule has 0 spiro atoms. The highest BCUT2D eigenvalue weighted by atomic mass is 16.3. The highest BCUT2D eigenvalue weighted by molar-refractivity contribution is 6.18. The largest absolute Gasteiger partial charge is 0.461 e. The van der Waals surface area contributed by atoms with E-state index in [-0.39, 0.29) is 5.41 Å². The molecule has 9 rings (SSSR count). The summed E-state index contributed by atoms with van der Waals surface area (Å²) in [4.78, 5) is 15.2. The van der Waals surface area contributed by atoms with E-state index >= 15 is 0 Å². The van der Waals surface area contributed by atoms with Crippen molar-refractivity contribution in [2.45, 2.75) is 46.6 Å². The molecule has 0 N–H and O–H groups in total. The van der Waals surface area contributed by atoms with E-state index in [1.54, 1.807) is 0 Å². The smallest absolute Gasteiger partial charge is 0.232 e. The van der Waals surface area contributed by atoms with Crippen LogP contribution in [-0.4, -0.2) is 23.1 Å².